The second kappa shape index (κ2) is 6.15. The highest BCUT2D eigenvalue weighted by molar-refractivity contribution is 9.10. The normalized spacial score (nSPS) is 11.1. The maximum Gasteiger partial charge on any atom is 0.153 e. The summed E-state index contributed by atoms with van der Waals surface area (Å²) in [5, 5.41) is 10.8. The molecular weight excluding hydrogens is 308 g/mol. The molecule has 0 saturated heterocycles. The van der Waals surface area contributed by atoms with Crippen molar-refractivity contribution < 1.29 is 9.21 Å². The van der Waals surface area contributed by atoms with Gasteiger partial charge in [0.05, 0.1) is 11.8 Å². The lowest BCUT2D eigenvalue weighted by Gasteiger charge is -2.03. The summed E-state index contributed by atoms with van der Waals surface area (Å²) in [4.78, 5) is 11.0. The van der Waals surface area contributed by atoms with Crippen LogP contribution in [0.1, 0.15) is 5.76 Å². The number of hydrogen-bond donors (Lipinski definition) is 2. The van der Waals surface area contributed by atoms with Crippen molar-refractivity contribution in [2.24, 2.45) is 0 Å². The lowest BCUT2D eigenvalue weighted by Crippen LogP contribution is -2.05. The Labute approximate surface area is 118 Å². The van der Waals surface area contributed by atoms with Gasteiger partial charge in [0, 0.05) is 16.4 Å². The third-order valence-electron chi connectivity index (χ3n) is 2.42. The summed E-state index contributed by atoms with van der Waals surface area (Å²) in [6.07, 6.45) is 3.58. The lowest BCUT2D eigenvalue weighted by atomic mass is 10.1. The maximum atomic E-state index is 11.0. The van der Waals surface area contributed by atoms with E-state index >= 15 is 0 Å². The van der Waals surface area contributed by atoms with Gasteiger partial charge in [-0.05, 0) is 36.4 Å². The molecule has 0 unspecified atom stereocenters. The molecule has 0 aliphatic carbocycles. The number of rotatable bonds is 5. The molecule has 0 amide bonds. The third kappa shape index (κ3) is 3.42. The van der Waals surface area contributed by atoms with Crippen LogP contribution in [0.15, 0.2) is 63.3 Å². The van der Waals surface area contributed by atoms with Crippen LogP contribution in [0, 0.1) is 5.41 Å². The van der Waals surface area contributed by atoms with Crippen molar-refractivity contribution in [2.45, 2.75) is 0 Å². The zero-order valence-corrected chi connectivity index (χ0v) is 11.5. The number of nitrogens with one attached hydrogen (secondary N) is 2. The number of anilines is 1. The van der Waals surface area contributed by atoms with E-state index < -0.39 is 0 Å². The molecule has 4 nitrogen and oxygen atoms in total. The van der Waals surface area contributed by atoms with E-state index in [1.165, 1.54) is 12.5 Å². The predicted octanol–water partition coefficient (Wildman–Crippen LogP) is 3.60. The Morgan fingerprint density at radius 1 is 1.26 bits per heavy atom. The number of hydrogen-bond acceptors (Lipinski definition) is 4. The van der Waals surface area contributed by atoms with Gasteiger partial charge in [0.2, 0.25) is 0 Å². The Bertz CT molecular complexity index is 601. The van der Waals surface area contributed by atoms with Crippen molar-refractivity contribution in [1.29, 1.82) is 5.41 Å². The average Bonchev–Trinajstić information content (AvgIpc) is 2.95. The van der Waals surface area contributed by atoms with Crippen LogP contribution < -0.4 is 5.32 Å². The Balaban J connectivity index is 2.13. The first-order valence-electron chi connectivity index (χ1n) is 5.51. The molecule has 0 bridgehead atoms. The molecule has 1 aromatic carbocycles. The van der Waals surface area contributed by atoms with Crippen LogP contribution in [-0.4, -0.2) is 12.0 Å². The first-order valence-corrected chi connectivity index (χ1v) is 6.30. The van der Waals surface area contributed by atoms with Gasteiger partial charge in [0.15, 0.2) is 12.0 Å². The quantitative estimate of drug-likeness (QED) is 0.503. The molecule has 0 radical (unpaired) electrons. The zero-order chi connectivity index (χ0) is 13.7. The van der Waals surface area contributed by atoms with Crippen LogP contribution in [0.4, 0.5) is 5.69 Å². The van der Waals surface area contributed by atoms with Crippen molar-refractivity contribution in [2.75, 3.05) is 5.32 Å². The molecule has 19 heavy (non-hydrogen) atoms. The Morgan fingerprint density at radius 3 is 2.58 bits per heavy atom. The third-order valence-corrected chi connectivity index (χ3v) is 2.95. The zero-order valence-electron chi connectivity index (χ0n) is 9.89. The van der Waals surface area contributed by atoms with Gasteiger partial charge in [0.25, 0.3) is 0 Å². The summed E-state index contributed by atoms with van der Waals surface area (Å²) in [7, 11) is 0. The smallest absolute Gasteiger partial charge is 0.153 e. The molecule has 2 rings (SSSR count). The minimum absolute atomic E-state index is 0.0459. The number of aldehydes is 1. The van der Waals surface area contributed by atoms with Crippen LogP contribution in [0.3, 0.4) is 0 Å². The fourth-order valence-corrected chi connectivity index (χ4v) is 1.70. The van der Waals surface area contributed by atoms with E-state index in [1.54, 1.807) is 12.1 Å². The van der Waals surface area contributed by atoms with Gasteiger partial charge in [-0.2, -0.15) is 0 Å². The predicted molar refractivity (Wildman–Crippen MR) is 77.4 cm³/mol. The number of furan rings is 1. The summed E-state index contributed by atoms with van der Waals surface area (Å²) in [5.41, 5.74) is 1.09. The monoisotopic (exact) mass is 318 g/mol. The molecule has 1 heterocycles. The molecule has 0 saturated carbocycles. The fourth-order valence-electron chi connectivity index (χ4n) is 1.44. The standard InChI is InChI=1S/C14H11BrN2O2/c15-11-3-5-12(6-4-11)17-8-10(9-18)14(16)13-2-1-7-19-13/h1-9,16-17H/b10-8-,16-14?. The highest BCUT2D eigenvalue weighted by atomic mass is 79.9. The number of allylic oxidation sites excluding steroid dienone is 1. The Hall–Kier alpha value is -2.14. The number of halogens is 1. The molecule has 0 fully saturated rings. The van der Waals surface area contributed by atoms with E-state index in [4.69, 9.17) is 9.83 Å². The van der Waals surface area contributed by atoms with E-state index in [2.05, 4.69) is 21.2 Å². The van der Waals surface area contributed by atoms with Crippen LogP contribution >= 0.6 is 15.9 Å². The number of carbonyl (C=O) groups excluding carboxylic acids is 1. The molecule has 2 N–H and O–H groups in total. The topological polar surface area (TPSA) is 66.1 Å². The Morgan fingerprint density at radius 2 is 2.00 bits per heavy atom. The summed E-state index contributed by atoms with van der Waals surface area (Å²) in [6.45, 7) is 0. The van der Waals surface area contributed by atoms with E-state index in [-0.39, 0.29) is 11.3 Å². The number of benzene rings is 1. The molecule has 5 heteroatoms. The molecule has 0 atom stereocenters. The van der Waals surface area contributed by atoms with E-state index in [9.17, 15) is 4.79 Å². The van der Waals surface area contributed by atoms with Gasteiger partial charge in [0.1, 0.15) is 5.71 Å². The van der Waals surface area contributed by atoms with Crippen molar-refractivity contribution in [3.05, 3.63) is 64.7 Å². The lowest BCUT2D eigenvalue weighted by molar-refractivity contribution is -0.104. The van der Waals surface area contributed by atoms with Crippen LogP contribution in [0.5, 0.6) is 0 Å². The second-order valence-corrected chi connectivity index (χ2v) is 4.64. The minimum Gasteiger partial charge on any atom is -0.463 e. The SMILES string of the molecule is N=C(/C(C=O)=C\Nc1ccc(Br)cc1)c1ccco1. The number of carbonyl (C=O) groups is 1. The molecule has 2 aromatic rings. The van der Waals surface area contributed by atoms with Crippen LogP contribution in [-0.2, 0) is 4.79 Å². The fraction of sp³-hybridized carbons (Fsp3) is 0. The van der Waals surface area contributed by atoms with Crippen molar-refractivity contribution in [1.82, 2.24) is 0 Å². The second-order valence-electron chi connectivity index (χ2n) is 3.72. The summed E-state index contributed by atoms with van der Waals surface area (Å²) < 4.78 is 6.06. The van der Waals surface area contributed by atoms with Gasteiger partial charge in [-0.3, -0.25) is 10.2 Å². The van der Waals surface area contributed by atoms with E-state index in [0.29, 0.717) is 12.0 Å². The van der Waals surface area contributed by atoms with Gasteiger partial charge < -0.3 is 9.73 Å². The molecule has 0 aliphatic heterocycles. The molecule has 96 valence electrons. The summed E-state index contributed by atoms with van der Waals surface area (Å²) >= 11 is 3.34. The first kappa shape index (κ1) is 13.3. The van der Waals surface area contributed by atoms with Gasteiger partial charge >= 0.3 is 0 Å². The van der Waals surface area contributed by atoms with E-state index in [1.807, 2.05) is 24.3 Å². The highest BCUT2D eigenvalue weighted by Crippen LogP contribution is 2.15. The molecule has 1 aromatic heterocycles. The molecule has 0 spiro atoms. The summed E-state index contributed by atoms with van der Waals surface area (Å²) in [6, 6.07) is 10.8. The van der Waals surface area contributed by atoms with Gasteiger partial charge in [-0.25, -0.2) is 0 Å². The van der Waals surface area contributed by atoms with Crippen molar-refractivity contribution in [3.63, 3.8) is 0 Å². The molecular formula is C14H11BrN2O2. The van der Waals surface area contributed by atoms with Gasteiger partial charge in [-0.1, -0.05) is 15.9 Å². The Kier molecular flexibility index (Phi) is 4.30. The van der Waals surface area contributed by atoms with Crippen LogP contribution in [0.25, 0.3) is 0 Å². The molecule has 0 aliphatic rings. The maximum absolute atomic E-state index is 11.0. The van der Waals surface area contributed by atoms with Crippen molar-refractivity contribution >= 4 is 33.6 Å². The minimum atomic E-state index is 0.0459. The highest BCUT2D eigenvalue weighted by Gasteiger charge is 2.09. The van der Waals surface area contributed by atoms with E-state index in [0.717, 1.165) is 10.2 Å². The average molecular weight is 319 g/mol. The largest absolute Gasteiger partial charge is 0.463 e. The van der Waals surface area contributed by atoms with Gasteiger partial charge in [-0.15, -0.1) is 0 Å². The van der Waals surface area contributed by atoms with Crippen LogP contribution in [0.2, 0.25) is 0 Å². The van der Waals surface area contributed by atoms with Crippen molar-refractivity contribution in [3.8, 4) is 0 Å². The first-order chi connectivity index (χ1) is 9.20. The summed E-state index contributed by atoms with van der Waals surface area (Å²) in [5.74, 6) is 0.357.